The van der Waals surface area contributed by atoms with E-state index in [0.29, 0.717) is 44.4 Å². The molecule has 0 spiro atoms. The molecule has 2 heterocycles. The van der Waals surface area contributed by atoms with E-state index in [4.69, 9.17) is 9.15 Å². The van der Waals surface area contributed by atoms with Gasteiger partial charge in [-0.1, -0.05) is 0 Å². The third-order valence-corrected chi connectivity index (χ3v) is 4.31. The van der Waals surface area contributed by atoms with Crippen molar-refractivity contribution < 1.29 is 17.6 Å². The fourth-order valence-corrected chi connectivity index (χ4v) is 3.25. The summed E-state index contributed by atoms with van der Waals surface area (Å²) in [5, 5.41) is 4.56. The molecule has 0 aromatic carbocycles. The highest BCUT2D eigenvalue weighted by atomic mass is 32.2. The lowest BCUT2D eigenvalue weighted by Crippen LogP contribution is -2.48. The van der Waals surface area contributed by atoms with Gasteiger partial charge in [0.05, 0.1) is 19.8 Å². The van der Waals surface area contributed by atoms with Crippen LogP contribution in [-0.2, 0) is 21.3 Å². The molecule has 1 fully saturated rings. The molecular formula is C11H19N3O4S. The minimum atomic E-state index is -3.59. The largest absolute Gasteiger partial charge is 0.464 e. The van der Waals surface area contributed by atoms with Crippen molar-refractivity contribution in [3.05, 3.63) is 17.6 Å². The normalized spacial score (nSPS) is 17.8. The van der Waals surface area contributed by atoms with Gasteiger partial charge in [-0.3, -0.25) is 0 Å². The first-order valence-electron chi connectivity index (χ1n) is 6.12. The number of ether oxygens (including phenoxy) is 1. The Morgan fingerprint density at radius 2 is 2.05 bits per heavy atom. The van der Waals surface area contributed by atoms with E-state index in [1.165, 1.54) is 0 Å². The number of hydrogen-bond acceptors (Lipinski definition) is 6. The maximum Gasteiger partial charge on any atom is 0.256 e. The molecule has 0 saturated carbocycles. The number of sulfonamides is 1. The van der Waals surface area contributed by atoms with E-state index in [1.54, 1.807) is 25.0 Å². The molecule has 0 bridgehead atoms. The smallest absolute Gasteiger partial charge is 0.256 e. The minimum absolute atomic E-state index is 0.184. The van der Waals surface area contributed by atoms with Crippen molar-refractivity contribution >= 4 is 10.0 Å². The van der Waals surface area contributed by atoms with Gasteiger partial charge in [0.2, 0.25) is 0 Å². The van der Waals surface area contributed by atoms with E-state index >= 15 is 0 Å². The molecule has 0 aliphatic carbocycles. The molecule has 7 nitrogen and oxygen atoms in total. The Balaban J connectivity index is 2.14. The van der Waals surface area contributed by atoms with Gasteiger partial charge in [-0.25, -0.2) is 13.4 Å². The minimum Gasteiger partial charge on any atom is -0.464 e. The van der Waals surface area contributed by atoms with E-state index in [-0.39, 0.29) is 4.90 Å². The first kappa shape index (κ1) is 14.5. The van der Waals surface area contributed by atoms with Crippen LogP contribution < -0.4 is 10.1 Å². The second kappa shape index (κ2) is 6.02. The first-order valence-corrected chi connectivity index (χ1v) is 7.60. The van der Waals surface area contributed by atoms with Gasteiger partial charge in [-0.05, 0) is 14.0 Å². The maximum atomic E-state index is 12.3. The van der Waals surface area contributed by atoms with Gasteiger partial charge in [0.15, 0.2) is 0 Å². The number of hydrogen-bond donors (Lipinski definition) is 2. The van der Waals surface area contributed by atoms with E-state index in [9.17, 15) is 8.42 Å². The summed E-state index contributed by atoms with van der Waals surface area (Å²) in [7, 11) is -1.81. The molecule has 2 rings (SSSR count). The summed E-state index contributed by atoms with van der Waals surface area (Å²) in [5.74, 6) is 0.994. The molecule has 1 aliphatic heterocycles. The second-order valence-corrected chi connectivity index (χ2v) is 5.99. The Morgan fingerprint density at radius 3 is 2.68 bits per heavy atom. The van der Waals surface area contributed by atoms with Crippen LogP contribution in [0.25, 0.3) is 0 Å². The lowest BCUT2D eigenvalue weighted by atomic mass is 10.4. The van der Waals surface area contributed by atoms with Gasteiger partial charge in [-0.15, -0.1) is 4.83 Å². The number of aryl methyl sites for hydroxylation is 1. The third-order valence-electron chi connectivity index (χ3n) is 2.82. The van der Waals surface area contributed by atoms with E-state index in [1.807, 2.05) is 0 Å². The Morgan fingerprint density at radius 1 is 1.37 bits per heavy atom. The molecule has 8 heteroatoms. The molecule has 0 radical (unpaired) electrons. The summed E-state index contributed by atoms with van der Waals surface area (Å²) < 4.78 is 35.1. The fraction of sp³-hybridized carbons (Fsp3) is 0.636. The number of furan rings is 1. The van der Waals surface area contributed by atoms with Gasteiger partial charge >= 0.3 is 0 Å². The van der Waals surface area contributed by atoms with E-state index in [0.717, 1.165) is 0 Å². The average Bonchev–Trinajstić information content (AvgIpc) is 2.72. The van der Waals surface area contributed by atoms with Gasteiger partial charge in [0, 0.05) is 19.2 Å². The van der Waals surface area contributed by atoms with Crippen LogP contribution in [0.1, 0.15) is 11.5 Å². The van der Waals surface area contributed by atoms with Crippen LogP contribution in [0.15, 0.2) is 15.4 Å². The average molecular weight is 289 g/mol. The monoisotopic (exact) mass is 289 g/mol. The summed E-state index contributed by atoms with van der Waals surface area (Å²) >= 11 is 0. The Bertz CT molecular complexity index is 520. The number of hydrazine groups is 1. The zero-order valence-electron chi connectivity index (χ0n) is 11.1. The molecule has 0 atom stereocenters. The topological polar surface area (TPSA) is 83.8 Å². The fourth-order valence-electron chi connectivity index (χ4n) is 1.93. The zero-order valence-corrected chi connectivity index (χ0v) is 11.9. The SMILES string of the molecule is CNCc1cc(S(=O)(=O)NN2CCOCC2)c(C)o1. The van der Waals surface area contributed by atoms with Crippen LogP contribution in [0.2, 0.25) is 0 Å². The number of rotatable bonds is 5. The molecule has 19 heavy (non-hydrogen) atoms. The molecule has 1 aliphatic rings. The Kier molecular flexibility index (Phi) is 4.58. The van der Waals surface area contributed by atoms with Crippen molar-refractivity contribution in [1.29, 1.82) is 0 Å². The quantitative estimate of drug-likeness (QED) is 0.783. The van der Waals surface area contributed by atoms with Crippen LogP contribution in [-0.4, -0.2) is 46.8 Å². The van der Waals surface area contributed by atoms with E-state index < -0.39 is 10.0 Å². The predicted octanol–water partition coefficient (Wildman–Crippen LogP) is -0.167. The zero-order chi connectivity index (χ0) is 13.9. The van der Waals surface area contributed by atoms with Gasteiger partial charge in [0.1, 0.15) is 16.4 Å². The van der Waals surface area contributed by atoms with Crippen LogP contribution in [0.3, 0.4) is 0 Å². The van der Waals surface area contributed by atoms with Crippen LogP contribution in [0.4, 0.5) is 0 Å². The van der Waals surface area contributed by atoms with Gasteiger partial charge in [-0.2, -0.15) is 0 Å². The summed E-state index contributed by atoms with van der Waals surface area (Å²) in [5.41, 5.74) is 0. The predicted molar refractivity (Wildman–Crippen MR) is 68.9 cm³/mol. The van der Waals surface area contributed by atoms with Crippen LogP contribution in [0.5, 0.6) is 0 Å². The van der Waals surface area contributed by atoms with Crippen molar-refractivity contribution in [3.8, 4) is 0 Å². The van der Waals surface area contributed by atoms with Crippen LogP contribution >= 0.6 is 0 Å². The molecule has 0 amide bonds. The molecule has 1 aromatic rings. The number of morpholine rings is 1. The highest BCUT2D eigenvalue weighted by Crippen LogP contribution is 2.20. The van der Waals surface area contributed by atoms with Crippen molar-refractivity contribution in [2.24, 2.45) is 0 Å². The summed E-state index contributed by atoms with van der Waals surface area (Å²) in [4.78, 5) is 2.74. The molecular weight excluding hydrogens is 270 g/mol. The van der Waals surface area contributed by atoms with Crippen molar-refractivity contribution in [3.63, 3.8) is 0 Å². The molecule has 108 valence electrons. The summed E-state index contributed by atoms with van der Waals surface area (Å²) in [6, 6.07) is 1.55. The van der Waals surface area contributed by atoms with E-state index in [2.05, 4.69) is 10.1 Å². The molecule has 1 aromatic heterocycles. The second-order valence-electron chi connectivity index (χ2n) is 4.36. The highest BCUT2D eigenvalue weighted by molar-refractivity contribution is 7.89. The first-order chi connectivity index (χ1) is 9.03. The third kappa shape index (κ3) is 3.54. The van der Waals surface area contributed by atoms with Crippen molar-refractivity contribution in [1.82, 2.24) is 15.2 Å². The Hall–Kier alpha value is -0.930. The molecule has 2 N–H and O–H groups in total. The highest BCUT2D eigenvalue weighted by Gasteiger charge is 2.24. The lowest BCUT2D eigenvalue weighted by molar-refractivity contribution is 0.0272. The molecule has 0 unspecified atom stereocenters. The standard InChI is InChI=1S/C11H19N3O4S/c1-9-11(7-10(18-9)8-12-2)19(15,16)13-14-3-5-17-6-4-14/h7,12-13H,3-6,8H2,1-2H3. The van der Waals surface area contributed by atoms with Gasteiger partial charge in [0.25, 0.3) is 10.0 Å². The summed E-state index contributed by atoms with van der Waals surface area (Å²) in [6.07, 6.45) is 0. The maximum absolute atomic E-state index is 12.3. The van der Waals surface area contributed by atoms with Crippen LogP contribution in [0, 0.1) is 6.92 Å². The summed E-state index contributed by atoms with van der Waals surface area (Å²) in [6.45, 7) is 4.27. The van der Waals surface area contributed by atoms with Crippen molar-refractivity contribution in [2.45, 2.75) is 18.4 Å². The number of nitrogens with zero attached hydrogens (tertiary/aromatic N) is 1. The Labute approximate surface area is 112 Å². The van der Waals surface area contributed by atoms with Crippen molar-refractivity contribution in [2.75, 3.05) is 33.4 Å². The number of nitrogens with one attached hydrogen (secondary N) is 2. The van der Waals surface area contributed by atoms with Gasteiger partial charge < -0.3 is 14.5 Å². The lowest BCUT2D eigenvalue weighted by Gasteiger charge is -2.26. The molecule has 1 saturated heterocycles.